The molecule has 224 valence electrons. The van der Waals surface area contributed by atoms with Crippen LogP contribution in [0.1, 0.15) is 101 Å². The Morgan fingerprint density at radius 3 is 2.60 bits per heavy atom. The van der Waals surface area contributed by atoms with Gasteiger partial charge in [-0.2, -0.15) is 4.68 Å². The SMILES string of the molecule is CC(C)c1cc(-c2nn(COC(=O)C(N)CC3CCCCC3)c(=O)n2-c2ccc3c(c2)C=CCCC3C)c(O)cc1O. The van der Waals surface area contributed by atoms with Gasteiger partial charge in [-0.1, -0.05) is 71.1 Å². The van der Waals surface area contributed by atoms with E-state index in [-0.39, 0.29) is 28.8 Å². The van der Waals surface area contributed by atoms with E-state index in [0.29, 0.717) is 29.5 Å². The standard InChI is InChI=1S/C33H42N4O5/c1-20(2)26-17-27(30(39)18-29(26)38)31-35-36(19-42-32(40)28(34)15-22-10-5-4-6-11-22)33(41)37(31)24-13-14-25-21(3)9-7-8-12-23(25)16-24/h8,12-14,16-18,20-22,28,38-39H,4-7,9-11,15,19,34H2,1-3H3. The first-order valence-corrected chi connectivity index (χ1v) is 15.1. The van der Waals surface area contributed by atoms with Gasteiger partial charge < -0.3 is 20.7 Å². The number of phenols is 2. The number of carbonyl (C=O) groups excluding carboxylic acids is 1. The summed E-state index contributed by atoms with van der Waals surface area (Å²) in [4.78, 5) is 26.6. The lowest BCUT2D eigenvalue weighted by Crippen LogP contribution is -2.36. The van der Waals surface area contributed by atoms with Crippen LogP contribution in [0.2, 0.25) is 0 Å². The number of nitrogens with zero attached hydrogens (tertiary/aromatic N) is 3. The van der Waals surface area contributed by atoms with Crippen LogP contribution in [-0.4, -0.2) is 36.6 Å². The highest BCUT2D eigenvalue weighted by atomic mass is 16.5. The Morgan fingerprint density at radius 2 is 1.86 bits per heavy atom. The molecule has 0 bridgehead atoms. The Kier molecular flexibility index (Phi) is 8.87. The van der Waals surface area contributed by atoms with Crippen LogP contribution < -0.4 is 11.4 Å². The van der Waals surface area contributed by atoms with Crippen LogP contribution in [0.3, 0.4) is 0 Å². The van der Waals surface area contributed by atoms with Crippen LogP contribution >= 0.6 is 0 Å². The van der Waals surface area contributed by atoms with Gasteiger partial charge in [-0.15, -0.1) is 5.10 Å². The predicted octanol–water partition coefficient (Wildman–Crippen LogP) is 5.94. The van der Waals surface area contributed by atoms with E-state index >= 15 is 0 Å². The molecule has 2 unspecified atom stereocenters. The van der Waals surface area contributed by atoms with E-state index in [2.05, 4.69) is 24.2 Å². The van der Waals surface area contributed by atoms with E-state index in [9.17, 15) is 19.8 Å². The number of hydrogen-bond donors (Lipinski definition) is 3. The van der Waals surface area contributed by atoms with Crippen molar-refractivity contribution in [3.05, 3.63) is 63.6 Å². The summed E-state index contributed by atoms with van der Waals surface area (Å²) >= 11 is 0. The highest BCUT2D eigenvalue weighted by Gasteiger charge is 2.26. The highest BCUT2D eigenvalue weighted by Crippen LogP contribution is 2.38. The lowest BCUT2D eigenvalue weighted by molar-refractivity contribution is -0.150. The van der Waals surface area contributed by atoms with E-state index in [1.165, 1.54) is 22.6 Å². The number of benzene rings is 2. The second-order valence-corrected chi connectivity index (χ2v) is 12.2. The monoisotopic (exact) mass is 574 g/mol. The van der Waals surface area contributed by atoms with Crippen LogP contribution in [0.15, 0.2) is 41.2 Å². The molecule has 0 saturated heterocycles. The molecule has 5 rings (SSSR count). The average Bonchev–Trinajstić information content (AvgIpc) is 3.17. The largest absolute Gasteiger partial charge is 0.508 e. The van der Waals surface area contributed by atoms with Crippen molar-refractivity contribution in [1.82, 2.24) is 14.3 Å². The van der Waals surface area contributed by atoms with Crippen LogP contribution in [0.4, 0.5) is 0 Å². The van der Waals surface area contributed by atoms with Crippen molar-refractivity contribution in [2.24, 2.45) is 11.7 Å². The first kappa shape index (κ1) is 29.6. The number of esters is 1. The number of rotatable bonds is 8. The number of allylic oxidation sites excluding steroid dienone is 1. The fourth-order valence-corrected chi connectivity index (χ4v) is 6.25. The molecule has 1 fully saturated rings. The van der Waals surface area contributed by atoms with Crippen molar-refractivity contribution in [3.8, 4) is 28.6 Å². The number of aromatic hydroxyl groups is 2. The highest BCUT2D eigenvalue weighted by molar-refractivity contribution is 5.75. The third-order valence-corrected chi connectivity index (χ3v) is 8.71. The van der Waals surface area contributed by atoms with E-state index in [4.69, 9.17) is 10.5 Å². The summed E-state index contributed by atoms with van der Waals surface area (Å²) in [7, 11) is 0. The molecule has 2 atom stereocenters. The normalized spacial score (nSPS) is 18.1. The molecule has 2 aliphatic carbocycles. The van der Waals surface area contributed by atoms with Crippen LogP contribution in [0, 0.1) is 5.92 Å². The number of ether oxygens (including phenoxy) is 1. The molecular weight excluding hydrogens is 532 g/mol. The number of carbonyl (C=O) groups is 1. The second-order valence-electron chi connectivity index (χ2n) is 12.2. The molecule has 0 spiro atoms. The summed E-state index contributed by atoms with van der Waals surface area (Å²) in [5, 5.41) is 25.9. The van der Waals surface area contributed by atoms with Crippen molar-refractivity contribution in [1.29, 1.82) is 0 Å². The molecule has 1 heterocycles. The maximum absolute atomic E-state index is 13.9. The Hall–Kier alpha value is -3.85. The zero-order chi connectivity index (χ0) is 30.0. The molecule has 1 saturated carbocycles. The van der Waals surface area contributed by atoms with Gasteiger partial charge >= 0.3 is 11.7 Å². The van der Waals surface area contributed by atoms with Gasteiger partial charge in [0.25, 0.3) is 0 Å². The first-order valence-electron chi connectivity index (χ1n) is 15.1. The minimum Gasteiger partial charge on any atom is -0.508 e. The van der Waals surface area contributed by atoms with Crippen molar-refractivity contribution in [2.75, 3.05) is 0 Å². The molecule has 0 amide bonds. The van der Waals surface area contributed by atoms with Crippen molar-refractivity contribution < 1.29 is 19.7 Å². The summed E-state index contributed by atoms with van der Waals surface area (Å²) in [5.74, 6) is 0.0873. The Bertz CT molecular complexity index is 1530. The Labute approximate surface area is 246 Å². The van der Waals surface area contributed by atoms with Crippen molar-refractivity contribution in [2.45, 2.75) is 96.7 Å². The van der Waals surface area contributed by atoms with E-state index in [0.717, 1.165) is 48.8 Å². The zero-order valence-corrected chi connectivity index (χ0v) is 24.8. The molecular formula is C33H42N4O5. The summed E-state index contributed by atoms with van der Waals surface area (Å²) in [6, 6.07) is 7.99. The Balaban J connectivity index is 1.52. The van der Waals surface area contributed by atoms with Gasteiger partial charge in [-0.05, 0) is 71.9 Å². The number of fused-ring (bicyclic) bond motifs is 1. The lowest BCUT2D eigenvalue weighted by Gasteiger charge is -2.23. The number of phenolic OH excluding ortho intramolecular Hbond substituents is 2. The quantitative estimate of drug-likeness (QED) is 0.283. The van der Waals surface area contributed by atoms with Gasteiger partial charge in [0.2, 0.25) is 0 Å². The lowest BCUT2D eigenvalue weighted by atomic mass is 9.85. The second kappa shape index (κ2) is 12.6. The first-order chi connectivity index (χ1) is 20.1. The maximum atomic E-state index is 13.9. The van der Waals surface area contributed by atoms with E-state index in [1.54, 1.807) is 6.07 Å². The predicted molar refractivity (Wildman–Crippen MR) is 163 cm³/mol. The summed E-state index contributed by atoms with van der Waals surface area (Å²) < 4.78 is 7.98. The molecule has 4 N–H and O–H groups in total. The zero-order valence-electron chi connectivity index (χ0n) is 24.8. The fourth-order valence-electron chi connectivity index (χ4n) is 6.25. The smallest absolute Gasteiger partial charge is 0.353 e. The minimum atomic E-state index is -0.765. The van der Waals surface area contributed by atoms with E-state index < -0.39 is 24.4 Å². The maximum Gasteiger partial charge on any atom is 0.353 e. The molecule has 42 heavy (non-hydrogen) atoms. The molecule has 0 aliphatic heterocycles. The van der Waals surface area contributed by atoms with Gasteiger partial charge in [0.15, 0.2) is 12.6 Å². The molecule has 2 aromatic carbocycles. The minimum absolute atomic E-state index is 0.0374. The number of nitrogens with two attached hydrogens (primary N) is 1. The topological polar surface area (TPSA) is 133 Å². The summed E-state index contributed by atoms with van der Waals surface area (Å²) in [5.41, 5.74) is 9.33. The summed E-state index contributed by atoms with van der Waals surface area (Å²) in [6.45, 7) is 5.64. The fraction of sp³-hybridized carbons (Fsp3) is 0.485. The molecule has 0 radical (unpaired) electrons. The number of aromatic nitrogens is 3. The van der Waals surface area contributed by atoms with Gasteiger partial charge in [-0.3, -0.25) is 4.79 Å². The molecule has 9 heteroatoms. The van der Waals surface area contributed by atoms with Gasteiger partial charge in [0.1, 0.15) is 17.5 Å². The third kappa shape index (κ3) is 6.16. The van der Waals surface area contributed by atoms with E-state index in [1.807, 2.05) is 32.0 Å². The number of hydrogen-bond acceptors (Lipinski definition) is 7. The van der Waals surface area contributed by atoms with Gasteiger partial charge in [0.05, 0.1) is 11.3 Å². The molecule has 9 nitrogen and oxygen atoms in total. The Morgan fingerprint density at radius 1 is 1.10 bits per heavy atom. The summed E-state index contributed by atoms with van der Waals surface area (Å²) in [6.07, 6.45) is 12.4. The van der Waals surface area contributed by atoms with Crippen LogP contribution in [-0.2, 0) is 16.3 Å². The van der Waals surface area contributed by atoms with Crippen molar-refractivity contribution >= 4 is 12.0 Å². The van der Waals surface area contributed by atoms with Crippen LogP contribution in [0.5, 0.6) is 11.5 Å². The van der Waals surface area contributed by atoms with Gasteiger partial charge in [-0.25, -0.2) is 9.36 Å². The average molecular weight is 575 g/mol. The third-order valence-electron chi connectivity index (χ3n) is 8.71. The molecule has 3 aromatic rings. The van der Waals surface area contributed by atoms with Gasteiger partial charge in [0, 0.05) is 6.07 Å². The van der Waals surface area contributed by atoms with Crippen molar-refractivity contribution in [3.63, 3.8) is 0 Å². The molecule has 1 aromatic heterocycles. The van der Waals surface area contributed by atoms with Crippen LogP contribution in [0.25, 0.3) is 23.2 Å². The molecule has 2 aliphatic rings.